The van der Waals surface area contributed by atoms with Crippen LogP contribution in [0.1, 0.15) is 13.3 Å². The van der Waals surface area contributed by atoms with Crippen LogP contribution in [0.2, 0.25) is 0 Å². The number of amides is 2. The monoisotopic (exact) mass is 315 g/mol. The van der Waals surface area contributed by atoms with Gasteiger partial charge in [0.05, 0.1) is 5.92 Å². The summed E-state index contributed by atoms with van der Waals surface area (Å²) < 4.78 is 37.2. The van der Waals surface area contributed by atoms with E-state index in [1.54, 1.807) is 19.1 Å². The lowest BCUT2D eigenvalue weighted by atomic mass is 10.1. The number of anilines is 1. The first-order valence-electron chi connectivity index (χ1n) is 6.87. The van der Waals surface area contributed by atoms with Crippen LogP contribution >= 0.6 is 0 Å². The van der Waals surface area contributed by atoms with E-state index in [2.05, 4.69) is 4.98 Å². The molecule has 0 aliphatic carbocycles. The fraction of sp³-hybridized carbons (Fsp3) is 0.500. The molecule has 1 aromatic heterocycles. The van der Waals surface area contributed by atoms with Crippen molar-refractivity contribution in [3.63, 3.8) is 0 Å². The molecule has 1 unspecified atom stereocenters. The van der Waals surface area contributed by atoms with Gasteiger partial charge in [-0.3, -0.25) is 14.6 Å². The van der Waals surface area contributed by atoms with Gasteiger partial charge in [-0.1, -0.05) is 0 Å². The van der Waals surface area contributed by atoms with Gasteiger partial charge in [0.15, 0.2) is 0 Å². The van der Waals surface area contributed by atoms with Crippen molar-refractivity contribution in [1.29, 1.82) is 0 Å². The minimum atomic E-state index is -4.46. The number of halogens is 3. The van der Waals surface area contributed by atoms with Crippen LogP contribution in [0.15, 0.2) is 24.5 Å². The first kappa shape index (κ1) is 16.3. The SMILES string of the molecule is CCN(C(=O)C1CC(=O)N(CC(F)(F)F)C1)c1ccncc1. The number of likely N-dealkylation sites (tertiary alicyclic amines) is 1. The topological polar surface area (TPSA) is 53.5 Å². The van der Waals surface area contributed by atoms with Crippen LogP contribution in [0.25, 0.3) is 0 Å². The Labute approximate surface area is 125 Å². The predicted molar refractivity (Wildman–Crippen MR) is 73.0 cm³/mol. The molecule has 0 N–H and O–H groups in total. The number of hydrogen-bond donors (Lipinski definition) is 0. The van der Waals surface area contributed by atoms with E-state index in [1.807, 2.05) is 0 Å². The lowest BCUT2D eigenvalue weighted by molar-refractivity contribution is -0.157. The minimum Gasteiger partial charge on any atom is -0.333 e. The van der Waals surface area contributed by atoms with Crippen molar-refractivity contribution in [1.82, 2.24) is 9.88 Å². The van der Waals surface area contributed by atoms with Crippen molar-refractivity contribution in [3.05, 3.63) is 24.5 Å². The maximum atomic E-state index is 12.5. The van der Waals surface area contributed by atoms with Gasteiger partial charge >= 0.3 is 6.18 Å². The third-order valence-corrected chi connectivity index (χ3v) is 3.49. The number of rotatable bonds is 4. The van der Waals surface area contributed by atoms with Gasteiger partial charge in [-0.2, -0.15) is 13.2 Å². The van der Waals surface area contributed by atoms with E-state index in [-0.39, 0.29) is 18.9 Å². The molecule has 2 amide bonds. The molecular weight excluding hydrogens is 299 g/mol. The summed E-state index contributed by atoms with van der Waals surface area (Å²) in [4.78, 5) is 30.1. The van der Waals surface area contributed by atoms with Crippen LogP contribution in [0.4, 0.5) is 18.9 Å². The molecule has 1 aliphatic rings. The second-order valence-corrected chi connectivity index (χ2v) is 5.08. The molecule has 0 aromatic carbocycles. The normalized spacial score (nSPS) is 18.6. The van der Waals surface area contributed by atoms with Crippen LogP contribution in [0.5, 0.6) is 0 Å². The molecule has 1 aromatic rings. The Kier molecular flexibility index (Phi) is 4.68. The molecule has 2 rings (SSSR count). The summed E-state index contributed by atoms with van der Waals surface area (Å²) in [5.41, 5.74) is 0.615. The van der Waals surface area contributed by atoms with Gasteiger partial charge in [-0.15, -0.1) is 0 Å². The second kappa shape index (κ2) is 6.33. The molecule has 8 heteroatoms. The van der Waals surface area contributed by atoms with Gasteiger partial charge in [-0.25, -0.2) is 0 Å². The molecule has 5 nitrogen and oxygen atoms in total. The van der Waals surface area contributed by atoms with E-state index in [4.69, 9.17) is 0 Å². The summed E-state index contributed by atoms with van der Waals surface area (Å²) in [5.74, 6) is -1.73. The molecule has 1 saturated heterocycles. The number of carbonyl (C=O) groups excluding carboxylic acids is 2. The van der Waals surface area contributed by atoms with Crippen molar-refractivity contribution >= 4 is 17.5 Å². The molecular formula is C14H16F3N3O2. The van der Waals surface area contributed by atoms with Crippen LogP contribution in [-0.2, 0) is 9.59 Å². The smallest absolute Gasteiger partial charge is 0.333 e. The number of hydrogen-bond acceptors (Lipinski definition) is 3. The standard InChI is InChI=1S/C14H16F3N3O2/c1-2-20(11-3-5-18-6-4-11)13(22)10-7-12(21)19(8-10)9-14(15,16)17/h3-6,10H,2,7-9H2,1H3. The Bertz CT molecular complexity index is 548. The van der Waals surface area contributed by atoms with Crippen molar-refractivity contribution in [2.45, 2.75) is 19.5 Å². The minimum absolute atomic E-state index is 0.184. The van der Waals surface area contributed by atoms with Crippen LogP contribution in [-0.4, -0.2) is 47.5 Å². The highest BCUT2D eigenvalue weighted by molar-refractivity contribution is 5.98. The fourth-order valence-corrected chi connectivity index (χ4v) is 2.52. The van der Waals surface area contributed by atoms with Crippen LogP contribution in [0.3, 0.4) is 0 Å². The van der Waals surface area contributed by atoms with Gasteiger partial charge in [0.2, 0.25) is 11.8 Å². The average molecular weight is 315 g/mol. The van der Waals surface area contributed by atoms with E-state index in [0.29, 0.717) is 17.1 Å². The van der Waals surface area contributed by atoms with Crippen molar-refractivity contribution in [2.75, 3.05) is 24.5 Å². The number of carbonyl (C=O) groups is 2. The Balaban J connectivity index is 2.08. The molecule has 0 radical (unpaired) electrons. The highest BCUT2D eigenvalue weighted by Gasteiger charge is 2.41. The van der Waals surface area contributed by atoms with Crippen molar-refractivity contribution < 1.29 is 22.8 Å². The van der Waals surface area contributed by atoms with E-state index in [0.717, 1.165) is 0 Å². The molecule has 0 bridgehead atoms. The summed E-state index contributed by atoms with van der Waals surface area (Å²) in [6, 6.07) is 3.29. The summed E-state index contributed by atoms with van der Waals surface area (Å²) in [6.07, 6.45) is -1.58. The highest BCUT2D eigenvalue weighted by Crippen LogP contribution is 2.26. The van der Waals surface area contributed by atoms with Gasteiger partial charge in [-0.05, 0) is 19.1 Å². The first-order chi connectivity index (χ1) is 10.3. The number of alkyl halides is 3. The van der Waals surface area contributed by atoms with Crippen molar-refractivity contribution in [3.8, 4) is 0 Å². The number of aromatic nitrogens is 1. The molecule has 1 fully saturated rings. The molecule has 120 valence electrons. The predicted octanol–water partition coefficient (Wildman–Crippen LogP) is 1.85. The van der Waals surface area contributed by atoms with Gasteiger partial charge in [0.1, 0.15) is 6.54 Å². The van der Waals surface area contributed by atoms with Gasteiger partial charge < -0.3 is 9.80 Å². The van der Waals surface area contributed by atoms with E-state index < -0.39 is 24.5 Å². The molecule has 0 spiro atoms. The third-order valence-electron chi connectivity index (χ3n) is 3.49. The van der Waals surface area contributed by atoms with Crippen molar-refractivity contribution in [2.24, 2.45) is 5.92 Å². The summed E-state index contributed by atoms with van der Waals surface area (Å²) in [7, 11) is 0. The van der Waals surface area contributed by atoms with Gasteiger partial charge in [0.25, 0.3) is 0 Å². The molecule has 22 heavy (non-hydrogen) atoms. The molecule has 1 aliphatic heterocycles. The summed E-state index contributed by atoms with van der Waals surface area (Å²) >= 11 is 0. The van der Waals surface area contributed by atoms with Crippen LogP contribution < -0.4 is 4.90 Å². The average Bonchev–Trinajstić information content (AvgIpc) is 2.80. The van der Waals surface area contributed by atoms with E-state index in [9.17, 15) is 22.8 Å². The zero-order valence-electron chi connectivity index (χ0n) is 12.0. The number of pyridine rings is 1. The summed E-state index contributed by atoms with van der Waals surface area (Å²) in [6.45, 7) is 0.630. The zero-order valence-corrected chi connectivity index (χ0v) is 12.0. The Morgan fingerprint density at radius 2 is 2.05 bits per heavy atom. The van der Waals surface area contributed by atoms with E-state index in [1.165, 1.54) is 17.3 Å². The van der Waals surface area contributed by atoms with E-state index >= 15 is 0 Å². The molecule has 2 heterocycles. The lowest BCUT2D eigenvalue weighted by Crippen LogP contribution is -2.39. The summed E-state index contributed by atoms with van der Waals surface area (Å²) in [5, 5.41) is 0. The Morgan fingerprint density at radius 3 is 2.59 bits per heavy atom. The Hall–Kier alpha value is -2.12. The molecule has 0 saturated carbocycles. The third kappa shape index (κ3) is 3.75. The zero-order chi connectivity index (χ0) is 16.3. The number of nitrogens with zero attached hydrogens (tertiary/aromatic N) is 3. The maximum absolute atomic E-state index is 12.5. The Morgan fingerprint density at radius 1 is 1.41 bits per heavy atom. The maximum Gasteiger partial charge on any atom is 0.406 e. The second-order valence-electron chi connectivity index (χ2n) is 5.08. The quantitative estimate of drug-likeness (QED) is 0.852. The fourth-order valence-electron chi connectivity index (χ4n) is 2.52. The van der Waals surface area contributed by atoms with Gasteiger partial charge in [0, 0.05) is 37.6 Å². The molecule has 1 atom stereocenters. The lowest BCUT2D eigenvalue weighted by Gasteiger charge is -2.24. The first-order valence-corrected chi connectivity index (χ1v) is 6.87. The van der Waals surface area contributed by atoms with Crippen LogP contribution in [0, 0.1) is 5.92 Å². The largest absolute Gasteiger partial charge is 0.406 e. The highest BCUT2D eigenvalue weighted by atomic mass is 19.4.